The van der Waals surface area contributed by atoms with Gasteiger partial charge in [-0.05, 0) is 24.8 Å². The third kappa shape index (κ3) is 3.21. The quantitative estimate of drug-likeness (QED) is 0.666. The molecule has 6 heteroatoms. The highest BCUT2D eigenvalue weighted by Gasteiger charge is 2.25. The molecular formula is C13H16N2O4. The number of para-hydroxylation sites is 2. The Bertz CT molecular complexity index is 481. The van der Waals surface area contributed by atoms with Crippen molar-refractivity contribution in [1.29, 1.82) is 0 Å². The number of anilines is 1. The molecule has 0 amide bonds. The number of carboxylic acid groups (broad SMARTS) is 1. The Balaban J connectivity index is 2.05. The van der Waals surface area contributed by atoms with Crippen molar-refractivity contribution in [2.75, 3.05) is 18.0 Å². The van der Waals surface area contributed by atoms with Gasteiger partial charge in [0.15, 0.2) is 0 Å². The van der Waals surface area contributed by atoms with E-state index in [1.807, 2.05) is 4.90 Å². The van der Waals surface area contributed by atoms with Gasteiger partial charge < -0.3 is 10.0 Å². The van der Waals surface area contributed by atoms with Crippen molar-refractivity contribution in [3.8, 4) is 0 Å². The molecule has 0 aromatic heterocycles. The van der Waals surface area contributed by atoms with E-state index in [1.165, 1.54) is 6.07 Å². The zero-order chi connectivity index (χ0) is 13.8. The molecule has 102 valence electrons. The number of hydrogen-bond acceptors (Lipinski definition) is 4. The van der Waals surface area contributed by atoms with Crippen molar-refractivity contribution >= 4 is 17.3 Å². The van der Waals surface area contributed by atoms with E-state index >= 15 is 0 Å². The van der Waals surface area contributed by atoms with Crippen molar-refractivity contribution in [2.24, 2.45) is 5.92 Å². The fourth-order valence-electron chi connectivity index (χ4n) is 2.51. The van der Waals surface area contributed by atoms with Crippen LogP contribution in [0.4, 0.5) is 11.4 Å². The van der Waals surface area contributed by atoms with E-state index in [0.29, 0.717) is 18.8 Å². The van der Waals surface area contributed by atoms with Gasteiger partial charge in [-0.2, -0.15) is 0 Å². The summed E-state index contributed by atoms with van der Waals surface area (Å²) in [6.45, 7) is 1.34. The number of nitrogens with zero attached hydrogens (tertiary/aromatic N) is 2. The lowest BCUT2D eigenvalue weighted by molar-refractivity contribution is -0.384. The molecule has 1 aromatic rings. The van der Waals surface area contributed by atoms with Gasteiger partial charge in [0.25, 0.3) is 5.69 Å². The van der Waals surface area contributed by atoms with Crippen molar-refractivity contribution in [3.05, 3.63) is 34.4 Å². The maximum Gasteiger partial charge on any atom is 0.303 e. The van der Waals surface area contributed by atoms with E-state index in [1.54, 1.807) is 18.2 Å². The second-order valence-corrected chi connectivity index (χ2v) is 4.77. The fourth-order valence-corrected chi connectivity index (χ4v) is 2.51. The van der Waals surface area contributed by atoms with Crippen LogP contribution in [0.25, 0.3) is 0 Å². The number of hydrogen-bond donors (Lipinski definition) is 1. The van der Waals surface area contributed by atoms with Gasteiger partial charge in [-0.15, -0.1) is 0 Å². The van der Waals surface area contributed by atoms with E-state index in [-0.39, 0.29) is 22.9 Å². The molecule has 1 aromatic carbocycles. The fraction of sp³-hybridized carbons (Fsp3) is 0.462. The molecule has 0 unspecified atom stereocenters. The minimum Gasteiger partial charge on any atom is -0.481 e. The Morgan fingerprint density at radius 1 is 1.37 bits per heavy atom. The van der Waals surface area contributed by atoms with Gasteiger partial charge in [0.05, 0.1) is 4.92 Å². The largest absolute Gasteiger partial charge is 0.481 e. The zero-order valence-corrected chi connectivity index (χ0v) is 10.5. The van der Waals surface area contributed by atoms with E-state index in [2.05, 4.69) is 0 Å². The van der Waals surface area contributed by atoms with Crippen molar-refractivity contribution in [3.63, 3.8) is 0 Å². The van der Waals surface area contributed by atoms with Crippen molar-refractivity contribution in [2.45, 2.75) is 19.3 Å². The molecule has 1 aliphatic heterocycles. The first-order valence-corrected chi connectivity index (χ1v) is 6.28. The second kappa shape index (κ2) is 5.69. The summed E-state index contributed by atoms with van der Waals surface area (Å²) >= 11 is 0. The van der Waals surface area contributed by atoms with Gasteiger partial charge in [-0.3, -0.25) is 14.9 Å². The highest BCUT2D eigenvalue weighted by molar-refractivity contribution is 5.67. The zero-order valence-electron chi connectivity index (χ0n) is 10.5. The highest BCUT2D eigenvalue weighted by atomic mass is 16.6. The van der Waals surface area contributed by atoms with Crippen LogP contribution in [-0.2, 0) is 4.79 Å². The lowest BCUT2D eigenvalue weighted by atomic mass is 9.93. The first-order valence-electron chi connectivity index (χ1n) is 6.28. The molecule has 1 aliphatic rings. The maximum absolute atomic E-state index is 11.0. The normalized spacial score (nSPS) is 16.3. The molecule has 2 rings (SSSR count). The molecule has 6 nitrogen and oxygen atoms in total. The molecular weight excluding hydrogens is 248 g/mol. The number of rotatable bonds is 4. The van der Waals surface area contributed by atoms with Crippen LogP contribution in [0, 0.1) is 16.0 Å². The van der Waals surface area contributed by atoms with Crippen LogP contribution >= 0.6 is 0 Å². The number of aliphatic carboxylic acids is 1. The highest BCUT2D eigenvalue weighted by Crippen LogP contribution is 2.31. The van der Waals surface area contributed by atoms with Crippen LogP contribution in [0.5, 0.6) is 0 Å². The Hall–Kier alpha value is -2.11. The maximum atomic E-state index is 11.0. The number of carbonyl (C=O) groups is 1. The van der Waals surface area contributed by atoms with Gasteiger partial charge in [0.1, 0.15) is 5.69 Å². The molecule has 0 atom stereocenters. The summed E-state index contributed by atoms with van der Waals surface area (Å²) in [5.41, 5.74) is 0.737. The Labute approximate surface area is 110 Å². The first-order chi connectivity index (χ1) is 9.08. The number of benzene rings is 1. The summed E-state index contributed by atoms with van der Waals surface area (Å²) < 4.78 is 0. The summed E-state index contributed by atoms with van der Waals surface area (Å²) in [6.07, 6.45) is 1.71. The predicted octanol–water partition coefficient (Wildman–Crippen LogP) is 2.29. The van der Waals surface area contributed by atoms with Crippen molar-refractivity contribution in [1.82, 2.24) is 0 Å². The molecule has 0 aliphatic carbocycles. The SMILES string of the molecule is O=C(O)CC1CCN(c2ccccc2[N+](=O)[O-])CC1. The van der Waals surface area contributed by atoms with Gasteiger partial charge >= 0.3 is 5.97 Å². The Morgan fingerprint density at radius 2 is 2.00 bits per heavy atom. The number of nitro groups is 1. The van der Waals surface area contributed by atoms with E-state index in [0.717, 1.165) is 12.8 Å². The van der Waals surface area contributed by atoms with E-state index in [4.69, 9.17) is 5.11 Å². The summed E-state index contributed by atoms with van der Waals surface area (Å²) in [7, 11) is 0. The van der Waals surface area contributed by atoms with Gasteiger partial charge in [0.2, 0.25) is 0 Å². The molecule has 1 saturated heterocycles. The summed E-state index contributed by atoms with van der Waals surface area (Å²) in [4.78, 5) is 23.2. The van der Waals surface area contributed by atoms with Crippen molar-refractivity contribution < 1.29 is 14.8 Å². The number of nitro benzene ring substituents is 1. The lowest BCUT2D eigenvalue weighted by Gasteiger charge is -2.32. The average molecular weight is 264 g/mol. The van der Waals surface area contributed by atoms with Gasteiger partial charge in [-0.25, -0.2) is 0 Å². The average Bonchev–Trinajstić information content (AvgIpc) is 2.39. The standard InChI is InChI=1S/C13H16N2O4/c16-13(17)9-10-5-7-14(8-6-10)11-3-1-2-4-12(11)15(18)19/h1-4,10H,5-9H2,(H,16,17). The van der Waals surface area contributed by atoms with Crippen LogP contribution < -0.4 is 4.90 Å². The number of piperidine rings is 1. The second-order valence-electron chi connectivity index (χ2n) is 4.77. The lowest BCUT2D eigenvalue weighted by Crippen LogP contribution is -2.34. The van der Waals surface area contributed by atoms with Crippen LogP contribution in [0.15, 0.2) is 24.3 Å². The summed E-state index contributed by atoms with van der Waals surface area (Å²) in [5, 5.41) is 19.7. The third-order valence-corrected chi connectivity index (χ3v) is 3.50. The number of carboxylic acids is 1. The van der Waals surface area contributed by atoms with E-state index in [9.17, 15) is 14.9 Å². The van der Waals surface area contributed by atoms with Gasteiger partial charge in [-0.1, -0.05) is 12.1 Å². The van der Waals surface area contributed by atoms with Gasteiger partial charge in [0, 0.05) is 25.6 Å². The molecule has 1 N–H and O–H groups in total. The first kappa shape index (κ1) is 13.3. The minimum atomic E-state index is -0.774. The van der Waals surface area contributed by atoms with Crippen LogP contribution in [-0.4, -0.2) is 29.1 Å². The van der Waals surface area contributed by atoms with Crippen LogP contribution in [0.3, 0.4) is 0 Å². The summed E-state index contributed by atoms with van der Waals surface area (Å²) in [6, 6.07) is 6.68. The smallest absolute Gasteiger partial charge is 0.303 e. The molecule has 19 heavy (non-hydrogen) atoms. The molecule has 0 bridgehead atoms. The molecule has 1 fully saturated rings. The monoisotopic (exact) mass is 264 g/mol. The topological polar surface area (TPSA) is 83.7 Å². The Kier molecular flexibility index (Phi) is 3.99. The van der Waals surface area contributed by atoms with Crippen LogP contribution in [0.2, 0.25) is 0 Å². The third-order valence-electron chi connectivity index (χ3n) is 3.50. The van der Waals surface area contributed by atoms with E-state index < -0.39 is 5.97 Å². The molecule has 1 heterocycles. The molecule has 0 saturated carbocycles. The predicted molar refractivity (Wildman–Crippen MR) is 70.3 cm³/mol. The minimum absolute atomic E-state index is 0.110. The van der Waals surface area contributed by atoms with Crippen LogP contribution in [0.1, 0.15) is 19.3 Å². The molecule has 0 radical (unpaired) electrons. The molecule has 0 spiro atoms. The summed E-state index contributed by atoms with van der Waals surface area (Å²) in [5.74, 6) is -0.597. The Morgan fingerprint density at radius 3 is 2.58 bits per heavy atom.